The summed E-state index contributed by atoms with van der Waals surface area (Å²) in [6, 6.07) is 19.2. The largest absolute Gasteiger partial charge is 0.488 e. The Morgan fingerprint density at radius 1 is 0.880 bits per heavy atom. The van der Waals surface area contributed by atoms with Crippen LogP contribution < -0.4 is 4.74 Å². The van der Waals surface area contributed by atoms with Gasteiger partial charge in [0, 0.05) is 23.6 Å². The third kappa shape index (κ3) is 4.07. The summed E-state index contributed by atoms with van der Waals surface area (Å²) in [7, 11) is 2.12. The van der Waals surface area contributed by atoms with Crippen molar-refractivity contribution in [1.29, 1.82) is 0 Å². The number of ether oxygens (including phenoxy) is 1. The molecule has 2 heteroatoms. The SMILES string of the molecule is Cn1c(-c2ccc(OC(C)(C)CC(C)(C)C)cc2)cc2ccccc21. The summed E-state index contributed by atoms with van der Waals surface area (Å²) in [6.45, 7) is 11.1. The number of nitrogens with zero attached hydrogens (tertiary/aromatic N) is 1. The van der Waals surface area contributed by atoms with Crippen molar-refractivity contribution in [2.45, 2.75) is 46.6 Å². The maximum atomic E-state index is 6.25. The maximum absolute atomic E-state index is 6.25. The van der Waals surface area contributed by atoms with E-state index in [9.17, 15) is 0 Å². The lowest BCUT2D eigenvalue weighted by atomic mass is 9.83. The van der Waals surface area contributed by atoms with Gasteiger partial charge in [-0.2, -0.15) is 0 Å². The molecule has 0 bridgehead atoms. The van der Waals surface area contributed by atoms with Crippen molar-refractivity contribution < 1.29 is 4.74 Å². The highest BCUT2D eigenvalue weighted by molar-refractivity contribution is 5.86. The van der Waals surface area contributed by atoms with Gasteiger partial charge in [-0.1, -0.05) is 39.0 Å². The van der Waals surface area contributed by atoms with Crippen LogP contribution in [-0.4, -0.2) is 10.2 Å². The summed E-state index contributed by atoms with van der Waals surface area (Å²) in [5.74, 6) is 0.928. The number of benzene rings is 2. The highest BCUT2D eigenvalue weighted by Gasteiger charge is 2.27. The molecule has 0 N–H and O–H groups in total. The molecule has 0 spiro atoms. The molecule has 0 fully saturated rings. The summed E-state index contributed by atoms with van der Waals surface area (Å²) in [4.78, 5) is 0. The molecule has 0 amide bonds. The second kappa shape index (κ2) is 6.25. The van der Waals surface area contributed by atoms with E-state index >= 15 is 0 Å². The van der Waals surface area contributed by atoms with Gasteiger partial charge in [-0.15, -0.1) is 0 Å². The first kappa shape index (κ1) is 17.6. The Balaban J connectivity index is 1.83. The van der Waals surface area contributed by atoms with E-state index in [0.717, 1.165) is 12.2 Å². The van der Waals surface area contributed by atoms with E-state index in [0.29, 0.717) is 0 Å². The fourth-order valence-corrected chi connectivity index (χ4v) is 3.89. The van der Waals surface area contributed by atoms with E-state index in [1.54, 1.807) is 0 Å². The fraction of sp³-hybridized carbons (Fsp3) is 0.391. The van der Waals surface area contributed by atoms with E-state index in [2.05, 4.69) is 101 Å². The number of aromatic nitrogens is 1. The first-order valence-corrected chi connectivity index (χ1v) is 8.99. The minimum absolute atomic E-state index is 0.181. The zero-order valence-corrected chi connectivity index (χ0v) is 16.3. The van der Waals surface area contributed by atoms with Crippen molar-refractivity contribution in [3.05, 3.63) is 54.6 Å². The van der Waals surface area contributed by atoms with Crippen molar-refractivity contribution in [1.82, 2.24) is 4.57 Å². The standard InChI is InChI=1S/C23H29NO/c1-22(2,3)16-23(4,5)25-19-13-11-17(12-14-19)21-15-18-9-7-8-10-20(18)24(21)6/h7-15H,16H2,1-6H3. The lowest BCUT2D eigenvalue weighted by molar-refractivity contribution is 0.0622. The first-order chi connectivity index (χ1) is 11.6. The molecule has 0 unspecified atom stereocenters. The Bertz CT molecular complexity index is 863. The lowest BCUT2D eigenvalue weighted by Gasteiger charge is -2.33. The fourth-order valence-electron chi connectivity index (χ4n) is 3.89. The number of aryl methyl sites for hydroxylation is 1. The number of hydrogen-bond donors (Lipinski definition) is 0. The monoisotopic (exact) mass is 335 g/mol. The van der Waals surface area contributed by atoms with Gasteiger partial charge in [-0.05, 0) is 67.6 Å². The van der Waals surface area contributed by atoms with Crippen molar-refractivity contribution in [3.63, 3.8) is 0 Å². The second-order valence-corrected chi connectivity index (χ2v) is 8.77. The van der Waals surface area contributed by atoms with Crippen molar-refractivity contribution in [3.8, 4) is 17.0 Å². The molecule has 132 valence electrons. The molecule has 0 saturated heterocycles. The van der Waals surface area contributed by atoms with Crippen molar-refractivity contribution >= 4 is 10.9 Å². The number of hydrogen-bond acceptors (Lipinski definition) is 1. The third-order valence-corrected chi connectivity index (χ3v) is 4.45. The van der Waals surface area contributed by atoms with Gasteiger partial charge >= 0.3 is 0 Å². The van der Waals surface area contributed by atoms with Crippen LogP contribution in [0.2, 0.25) is 0 Å². The third-order valence-electron chi connectivity index (χ3n) is 4.45. The summed E-state index contributed by atoms with van der Waals surface area (Å²) in [5.41, 5.74) is 3.75. The normalized spacial score (nSPS) is 12.6. The molecular formula is C23H29NO. The van der Waals surface area contributed by atoms with E-state index in [-0.39, 0.29) is 11.0 Å². The number of rotatable bonds is 4. The summed E-state index contributed by atoms with van der Waals surface area (Å²) < 4.78 is 8.50. The van der Waals surface area contributed by atoms with Gasteiger partial charge in [-0.25, -0.2) is 0 Å². The summed E-state index contributed by atoms with van der Waals surface area (Å²) in [6.07, 6.45) is 1.00. The Hall–Kier alpha value is -2.22. The molecular weight excluding hydrogens is 306 g/mol. The Kier molecular flexibility index (Phi) is 4.40. The summed E-state index contributed by atoms with van der Waals surface area (Å²) >= 11 is 0. The number of para-hydroxylation sites is 1. The molecule has 25 heavy (non-hydrogen) atoms. The molecule has 0 atom stereocenters. The van der Waals surface area contributed by atoms with Crippen LogP contribution in [0.4, 0.5) is 0 Å². The summed E-state index contributed by atoms with van der Waals surface area (Å²) in [5, 5.41) is 1.27. The van der Waals surface area contributed by atoms with Crippen LogP contribution in [0.1, 0.15) is 41.0 Å². The second-order valence-electron chi connectivity index (χ2n) is 8.77. The number of fused-ring (bicyclic) bond motifs is 1. The van der Waals surface area contributed by atoms with Gasteiger partial charge in [0.05, 0.1) is 0 Å². The van der Waals surface area contributed by atoms with Crippen LogP contribution in [0.3, 0.4) is 0 Å². The molecule has 3 rings (SSSR count). The maximum Gasteiger partial charge on any atom is 0.120 e. The topological polar surface area (TPSA) is 14.2 Å². The quantitative estimate of drug-likeness (QED) is 0.535. The van der Waals surface area contributed by atoms with Gasteiger partial charge < -0.3 is 9.30 Å². The van der Waals surface area contributed by atoms with E-state index < -0.39 is 0 Å². The van der Waals surface area contributed by atoms with Crippen LogP contribution in [0.15, 0.2) is 54.6 Å². The highest BCUT2D eigenvalue weighted by Crippen LogP contribution is 2.32. The molecule has 1 heterocycles. The average molecular weight is 335 g/mol. The molecule has 2 nitrogen and oxygen atoms in total. The molecule has 2 aromatic carbocycles. The molecule has 0 saturated carbocycles. The molecule has 0 radical (unpaired) electrons. The molecule has 1 aromatic heterocycles. The van der Waals surface area contributed by atoms with Gasteiger partial charge in [0.2, 0.25) is 0 Å². The van der Waals surface area contributed by atoms with Gasteiger partial charge in [0.15, 0.2) is 0 Å². The predicted molar refractivity (Wildman–Crippen MR) is 107 cm³/mol. The van der Waals surface area contributed by atoms with Crippen LogP contribution in [0.5, 0.6) is 5.75 Å². The smallest absolute Gasteiger partial charge is 0.120 e. The lowest BCUT2D eigenvalue weighted by Crippen LogP contribution is -2.33. The van der Waals surface area contributed by atoms with Gasteiger partial charge in [0.25, 0.3) is 0 Å². The van der Waals surface area contributed by atoms with Crippen LogP contribution in [0, 0.1) is 5.41 Å². The molecule has 0 aliphatic carbocycles. The van der Waals surface area contributed by atoms with E-state index in [1.807, 2.05) is 0 Å². The van der Waals surface area contributed by atoms with Crippen LogP contribution >= 0.6 is 0 Å². The van der Waals surface area contributed by atoms with Gasteiger partial charge in [0.1, 0.15) is 11.4 Å². The Morgan fingerprint density at radius 3 is 2.12 bits per heavy atom. The zero-order chi connectivity index (χ0) is 18.2. The van der Waals surface area contributed by atoms with Gasteiger partial charge in [-0.3, -0.25) is 0 Å². The van der Waals surface area contributed by atoms with E-state index in [4.69, 9.17) is 4.74 Å². The first-order valence-electron chi connectivity index (χ1n) is 8.99. The minimum Gasteiger partial charge on any atom is -0.488 e. The Morgan fingerprint density at radius 2 is 1.52 bits per heavy atom. The average Bonchev–Trinajstić information content (AvgIpc) is 2.83. The predicted octanol–water partition coefficient (Wildman–Crippen LogP) is 6.44. The molecule has 3 aromatic rings. The Labute approximate surface area is 151 Å². The zero-order valence-electron chi connectivity index (χ0n) is 16.3. The van der Waals surface area contributed by atoms with E-state index in [1.165, 1.54) is 22.2 Å². The van der Waals surface area contributed by atoms with Crippen LogP contribution in [0.25, 0.3) is 22.2 Å². The van der Waals surface area contributed by atoms with Crippen molar-refractivity contribution in [2.75, 3.05) is 0 Å². The van der Waals surface area contributed by atoms with Crippen LogP contribution in [-0.2, 0) is 7.05 Å². The minimum atomic E-state index is -0.181. The molecule has 0 aliphatic heterocycles. The highest BCUT2D eigenvalue weighted by atomic mass is 16.5. The van der Waals surface area contributed by atoms with Crippen molar-refractivity contribution in [2.24, 2.45) is 12.5 Å². The molecule has 0 aliphatic rings.